The Labute approximate surface area is 103 Å². The van der Waals surface area contributed by atoms with Gasteiger partial charge in [0, 0.05) is 33.2 Å². The summed E-state index contributed by atoms with van der Waals surface area (Å²) in [5, 5.41) is 9.03. The van der Waals surface area contributed by atoms with Gasteiger partial charge in [-0.15, -0.1) is 0 Å². The third kappa shape index (κ3) is 9.62. The number of ether oxygens (including phenoxy) is 1. The zero-order valence-electron chi connectivity index (χ0n) is 11.2. The first-order chi connectivity index (χ1) is 8.10. The summed E-state index contributed by atoms with van der Waals surface area (Å²) < 4.78 is 5.04. The molecule has 100 valence electrons. The van der Waals surface area contributed by atoms with Gasteiger partial charge in [0.1, 0.15) is 0 Å². The number of carbonyl (C=O) groups is 1. The monoisotopic (exact) mass is 244 g/mol. The molecule has 1 amide bonds. The minimum atomic E-state index is -0.0362. The van der Waals surface area contributed by atoms with Crippen LogP contribution in [0.2, 0.25) is 0 Å². The number of nitrogens with one attached hydrogen (secondary N) is 3. The predicted octanol–water partition coefficient (Wildman–Crippen LogP) is -0.287. The SMILES string of the molecule is CCNC(=NCCNC(C)=O)NC(C)COC. The van der Waals surface area contributed by atoms with Crippen molar-refractivity contribution in [3.8, 4) is 0 Å². The van der Waals surface area contributed by atoms with Gasteiger partial charge in [0.25, 0.3) is 0 Å². The third-order valence-corrected chi connectivity index (χ3v) is 1.90. The maximum Gasteiger partial charge on any atom is 0.216 e. The highest BCUT2D eigenvalue weighted by Gasteiger charge is 2.03. The van der Waals surface area contributed by atoms with E-state index in [4.69, 9.17) is 4.74 Å². The number of aliphatic imine (C=N–C) groups is 1. The fourth-order valence-corrected chi connectivity index (χ4v) is 1.24. The second-order valence-electron chi connectivity index (χ2n) is 3.74. The molecule has 17 heavy (non-hydrogen) atoms. The summed E-state index contributed by atoms with van der Waals surface area (Å²) in [4.78, 5) is 15.0. The molecule has 0 aromatic carbocycles. The van der Waals surface area contributed by atoms with Crippen LogP contribution in [0, 0.1) is 0 Å². The molecule has 6 heteroatoms. The number of hydrogen-bond acceptors (Lipinski definition) is 3. The molecule has 0 aliphatic rings. The van der Waals surface area contributed by atoms with Gasteiger partial charge in [-0.25, -0.2) is 0 Å². The lowest BCUT2D eigenvalue weighted by Gasteiger charge is -2.16. The standard InChI is InChI=1S/C11H24N4O2/c1-5-12-11(15-9(2)8-17-4)14-7-6-13-10(3)16/h9H,5-8H2,1-4H3,(H,13,16)(H2,12,14,15). The maximum atomic E-state index is 10.7. The third-order valence-electron chi connectivity index (χ3n) is 1.90. The Morgan fingerprint density at radius 3 is 2.65 bits per heavy atom. The van der Waals surface area contributed by atoms with E-state index in [0.717, 1.165) is 12.5 Å². The smallest absolute Gasteiger partial charge is 0.216 e. The molecule has 0 rings (SSSR count). The molecule has 0 aromatic rings. The van der Waals surface area contributed by atoms with Crippen molar-refractivity contribution in [2.75, 3.05) is 33.4 Å². The number of guanidine groups is 1. The summed E-state index contributed by atoms with van der Waals surface area (Å²) in [5.41, 5.74) is 0. The molecule has 0 fully saturated rings. The molecule has 0 bridgehead atoms. The van der Waals surface area contributed by atoms with E-state index in [-0.39, 0.29) is 11.9 Å². The highest BCUT2D eigenvalue weighted by Crippen LogP contribution is 1.83. The van der Waals surface area contributed by atoms with Crippen LogP contribution in [0.4, 0.5) is 0 Å². The highest BCUT2D eigenvalue weighted by molar-refractivity contribution is 5.80. The first kappa shape index (κ1) is 15.7. The van der Waals surface area contributed by atoms with Gasteiger partial charge in [0.15, 0.2) is 5.96 Å². The average Bonchev–Trinajstić information content (AvgIpc) is 2.24. The van der Waals surface area contributed by atoms with Crippen LogP contribution in [0.3, 0.4) is 0 Å². The average molecular weight is 244 g/mol. The van der Waals surface area contributed by atoms with E-state index >= 15 is 0 Å². The normalized spacial score (nSPS) is 13.1. The molecule has 0 heterocycles. The van der Waals surface area contributed by atoms with Crippen LogP contribution in [0.5, 0.6) is 0 Å². The number of amides is 1. The minimum Gasteiger partial charge on any atom is -0.383 e. The van der Waals surface area contributed by atoms with Crippen molar-refractivity contribution in [2.24, 2.45) is 4.99 Å². The maximum absolute atomic E-state index is 10.7. The Kier molecular flexibility index (Phi) is 9.14. The molecule has 1 atom stereocenters. The molecule has 0 aromatic heterocycles. The molecular formula is C11H24N4O2. The lowest BCUT2D eigenvalue weighted by molar-refractivity contribution is -0.118. The van der Waals surface area contributed by atoms with Gasteiger partial charge < -0.3 is 20.7 Å². The molecule has 1 unspecified atom stereocenters. The van der Waals surface area contributed by atoms with E-state index in [1.54, 1.807) is 7.11 Å². The van der Waals surface area contributed by atoms with Crippen molar-refractivity contribution in [2.45, 2.75) is 26.8 Å². The van der Waals surface area contributed by atoms with Gasteiger partial charge in [-0.1, -0.05) is 0 Å². The molecule has 0 saturated heterocycles. The summed E-state index contributed by atoms with van der Waals surface area (Å²) >= 11 is 0. The van der Waals surface area contributed by atoms with Crippen LogP contribution >= 0.6 is 0 Å². The molecule has 0 radical (unpaired) electrons. The number of nitrogens with zero attached hydrogens (tertiary/aromatic N) is 1. The zero-order chi connectivity index (χ0) is 13.1. The van der Waals surface area contributed by atoms with E-state index in [1.165, 1.54) is 6.92 Å². The van der Waals surface area contributed by atoms with Crippen molar-refractivity contribution in [1.82, 2.24) is 16.0 Å². The first-order valence-corrected chi connectivity index (χ1v) is 5.88. The van der Waals surface area contributed by atoms with Crippen molar-refractivity contribution in [1.29, 1.82) is 0 Å². The fraction of sp³-hybridized carbons (Fsp3) is 0.818. The molecule has 0 spiro atoms. The summed E-state index contributed by atoms with van der Waals surface area (Å²) in [6, 6.07) is 0.193. The van der Waals surface area contributed by atoms with Crippen LogP contribution in [0.15, 0.2) is 4.99 Å². The number of methoxy groups -OCH3 is 1. The molecule has 0 saturated carbocycles. The summed E-state index contributed by atoms with van der Waals surface area (Å²) in [5.74, 6) is 0.702. The van der Waals surface area contributed by atoms with E-state index in [2.05, 4.69) is 20.9 Å². The Morgan fingerprint density at radius 2 is 2.12 bits per heavy atom. The van der Waals surface area contributed by atoms with E-state index in [1.807, 2.05) is 13.8 Å². The lowest BCUT2D eigenvalue weighted by Crippen LogP contribution is -2.44. The van der Waals surface area contributed by atoms with Gasteiger partial charge in [-0.2, -0.15) is 0 Å². The van der Waals surface area contributed by atoms with Gasteiger partial charge in [-0.05, 0) is 13.8 Å². The summed E-state index contributed by atoms with van der Waals surface area (Å²) in [6.07, 6.45) is 0. The minimum absolute atomic E-state index is 0.0362. The quantitative estimate of drug-likeness (QED) is 0.327. The van der Waals surface area contributed by atoms with Crippen LogP contribution in [-0.2, 0) is 9.53 Å². The molecule has 3 N–H and O–H groups in total. The zero-order valence-corrected chi connectivity index (χ0v) is 11.2. The molecule has 6 nitrogen and oxygen atoms in total. The number of hydrogen-bond donors (Lipinski definition) is 3. The van der Waals surface area contributed by atoms with Crippen LogP contribution in [-0.4, -0.2) is 51.3 Å². The van der Waals surface area contributed by atoms with Crippen molar-refractivity contribution < 1.29 is 9.53 Å². The predicted molar refractivity (Wildman–Crippen MR) is 69.1 cm³/mol. The number of rotatable bonds is 7. The topological polar surface area (TPSA) is 74.8 Å². The van der Waals surface area contributed by atoms with E-state index in [0.29, 0.717) is 19.7 Å². The second kappa shape index (κ2) is 9.89. The second-order valence-corrected chi connectivity index (χ2v) is 3.74. The highest BCUT2D eigenvalue weighted by atomic mass is 16.5. The first-order valence-electron chi connectivity index (χ1n) is 5.88. The van der Waals surface area contributed by atoms with Gasteiger partial charge in [-0.3, -0.25) is 9.79 Å². The Morgan fingerprint density at radius 1 is 1.41 bits per heavy atom. The van der Waals surface area contributed by atoms with Crippen LogP contribution < -0.4 is 16.0 Å². The van der Waals surface area contributed by atoms with Gasteiger partial charge >= 0.3 is 0 Å². The van der Waals surface area contributed by atoms with Gasteiger partial charge in [0.05, 0.1) is 13.2 Å². The van der Waals surface area contributed by atoms with E-state index < -0.39 is 0 Å². The summed E-state index contributed by atoms with van der Waals surface area (Å²) in [6.45, 7) is 8.03. The Bertz CT molecular complexity index is 244. The molecule has 0 aliphatic heterocycles. The lowest BCUT2D eigenvalue weighted by atomic mass is 10.4. The molecule has 0 aliphatic carbocycles. The van der Waals surface area contributed by atoms with Crippen LogP contribution in [0.1, 0.15) is 20.8 Å². The number of carbonyl (C=O) groups excluding carboxylic acids is 1. The van der Waals surface area contributed by atoms with Crippen molar-refractivity contribution in [3.63, 3.8) is 0 Å². The van der Waals surface area contributed by atoms with E-state index in [9.17, 15) is 4.79 Å². The fourth-order valence-electron chi connectivity index (χ4n) is 1.24. The molecular weight excluding hydrogens is 220 g/mol. The van der Waals surface area contributed by atoms with Crippen molar-refractivity contribution >= 4 is 11.9 Å². The largest absolute Gasteiger partial charge is 0.383 e. The Balaban J connectivity index is 4.02. The Hall–Kier alpha value is -1.30. The summed E-state index contributed by atoms with van der Waals surface area (Å²) in [7, 11) is 1.67. The van der Waals surface area contributed by atoms with Crippen molar-refractivity contribution in [3.05, 3.63) is 0 Å². The van der Waals surface area contributed by atoms with Crippen LogP contribution in [0.25, 0.3) is 0 Å². The van der Waals surface area contributed by atoms with Gasteiger partial charge in [0.2, 0.25) is 5.91 Å².